The molecule has 0 aliphatic carbocycles. The first kappa shape index (κ1) is 19.1. The molecule has 2 aromatic carbocycles. The van der Waals surface area contributed by atoms with Crippen LogP contribution in [0, 0.1) is 0 Å². The number of rotatable bonds is 5. The van der Waals surface area contributed by atoms with Crippen LogP contribution in [0.2, 0.25) is 0 Å². The summed E-state index contributed by atoms with van der Waals surface area (Å²) >= 11 is 0. The van der Waals surface area contributed by atoms with Crippen molar-refractivity contribution in [2.45, 2.75) is 44.4 Å². The van der Waals surface area contributed by atoms with Crippen molar-refractivity contribution in [3.63, 3.8) is 0 Å². The van der Waals surface area contributed by atoms with E-state index in [9.17, 15) is 9.90 Å². The van der Waals surface area contributed by atoms with E-state index in [-0.39, 0.29) is 6.29 Å². The van der Waals surface area contributed by atoms with Crippen molar-refractivity contribution in [3.05, 3.63) is 70.8 Å². The monoisotopic (exact) mass is 379 g/mol. The summed E-state index contributed by atoms with van der Waals surface area (Å²) in [5.74, 6) is -1.27. The summed E-state index contributed by atoms with van der Waals surface area (Å²) in [7, 11) is 0. The zero-order valence-electron chi connectivity index (χ0n) is 16.4. The second-order valence-electron chi connectivity index (χ2n) is 7.98. The lowest BCUT2D eigenvalue weighted by atomic mass is 9.94. The standard InChI is InChI=1S/C23H29N3O2/c1-16(22(27)28)19-7-2-5-17(14-19)13-18-6-3-8-20(15-18)21-9-12-26-11-4-10-24-23(26)25-21/h2-3,5-8,14-16,21,23-25H,4,9-13H2,1H3,(H,27,28). The molecular formula is C23H29N3O2. The highest BCUT2D eigenvalue weighted by Gasteiger charge is 2.29. The van der Waals surface area contributed by atoms with Gasteiger partial charge in [0.05, 0.1) is 5.92 Å². The Labute approximate surface area is 166 Å². The van der Waals surface area contributed by atoms with Crippen LogP contribution in [0.3, 0.4) is 0 Å². The van der Waals surface area contributed by atoms with Gasteiger partial charge in [0.1, 0.15) is 6.29 Å². The summed E-state index contributed by atoms with van der Waals surface area (Å²) in [4.78, 5) is 13.8. The molecule has 0 aromatic heterocycles. The topological polar surface area (TPSA) is 64.6 Å². The molecular weight excluding hydrogens is 350 g/mol. The second kappa shape index (κ2) is 8.43. The van der Waals surface area contributed by atoms with E-state index in [1.165, 1.54) is 24.1 Å². The van der Waals surface area contributed by atoms with Gasteiger partial charge in [-0.1, -0.05) is 48.5 Å². The van der Waals surface area contributed by atoms with E-state index >= 15 is 0 Å². The van der Waals surface area contributed by atoms with E-state index in [0.717, 1.165) is 37.1 Å². The average Bonchev–Trinajstić information content (AvgIpc) is 2.73. The maximum absolute atomic E-state index is 11.3. The first-order chi connectivity index (χ1) is 13.6. The Morgan fingerprint density at radius 3 is 2.79 bits per heavy atom. The fourth-order valence-corrected chi connectivity index (χ4v) is 4.29. The van der Waals surface area contributed by atoms with Crippen LogP contribution >= 0.6 is 0 Å². The molecule has 0 radical (unpaired) electrons. The number of nitrogens with one attached hydrogen (secondary N) is 2. The van der Waals surface area contributed by atoms with E-state index in [4.69, 9.17) is 0 Å². The minimum absolute atomic E-state index is 0.283. The number of benzene rings is 2. The summed E-state index contributed by atoms with van der Waals surface area (Å²) < 4.78 is 0. The van der Waals surface area contributed by atoms with Crippen molar-refractivity contribution in [2.75, 3.05) is 19.6 Å². The molecule has 0 bridgehead atoms. The predicted octanol–water partition coefficient (Wildman–Crippen LogP) is 3.08. The van der Waals surface area contributed by atoms with Gasteiger partial charge in [-0.25, -0.2) is 0 Å². The molecule has 2 saturated heterocycles. The van der Waals surface area contributed by atoms with Crippen LogP contribution in [0.25, 0.3) is 0 Å². The van der Waals surface area contributed by atoms with E-state index < -0.39 is 11.9 Å². The number of carboxylic acids is 1. The fraction of sp³-hybridized carbons (Fsp3) is 0.435. The number of carbonyl (C=O) groups is 1. The molecule has 3 N–H and O–H groups in total. The molecule has 2 fully saturated rings. The Morgan fingerprint density at radius 1 is 1.18 bits per heavy atom. The Kier molecular flexibility index (Phi) is 5.76. The molecule has 4 rings (SSSR count). The van der Waals surface area contributed by atoms with Crippen molar-refractivity contribution in [1.82, 2.24) is 15.5 Å². The van der Waals surface area contributed by atoms with E-state index in [2.05, 4.69) is 45.9 Å². The maximum Gasteiger partial charge on any atom is 0.310 e. The van der Waals surface area contributed by atoms with Gasteiger partial charge in [-0.2, -0.15) is 0 Å². The molecule has 0 spiro atoms. The maximum atomic E-state index is 11.3. The summed E-state index contributed by atoms with van der Waals surface area (Å²) in [6, 6.07) is 17.1. The zero-order valence-corrected chi connectivity index (χ0v) is 16.4. The van der Waals surface area contributed by atoms with Crippen molar-refractivity contribution >= 4 is 5.97 Å². The van der Waals surface area contributed by atoms with Crippen molar-refractivity contribution in [1.29, 1.82) is 0 Å². The third kappa shape index (κ3) is 4.27. The van der Waals surface area contributed by atoms with Gasteiger partial charge in [-0.3, -0.25) is 20.3 Å². The third-order valence-corrected chi connectivity index (χ3v) is 5.97. The normalized spacial score (nSPS) is 23.8. The van der Waals surface area contributed by atoms with Crippen LogP contribution in [0.1, 0.15) is 54.0 Å². The van der Waals surface area contributed by atoms with Crippen molar-refractivity contribution < 1.29 is 9.90 Å². The van der Waals surface area contributed by atoms with Gasteiger partial charge in [0.25, 0.3) is 0 Å². The molecule has 5 heteroatoms. The van der Waals surface area contributed by atoms with Crippen LogP contribution < -0.4 is 10.6 Å². The van der Waals surface area contributed by atoms with Crippen LogP contribution in [-0.4, -0.2) is 41.9 Å². The molecule has 2 aliphatic rings. The lowest BCUT2D eigenvalue weighted by molar-refractivity contribution is -0.138. The van der Waals surface area contributed by atoms with Gasteiger partial charge in [0.2, 0.25) is 0 Å². The molecule has 148 valence electrons. The lowest BCUT2D eigenvalue weighted by Gasteiger charge is -2.43. The first-order valence-corrected chi connectivity index (χ1v) is 10.2. The lowest BCUT2D eigenvalue weighted by Crippen LogP contribution is -2.62. The van der Waals surface area contributed by atoms with E-state index in [1.54, 1.807) is 6.92 Å². The van der Waals surface area contributed by atoms with Gasteiger partial charge in [0.15, 0.2) is 0 Å². The number of aliphatic carboxylic acids is 1. The Bertz CT molecular complexity index is 838. The molecule has 3 atom stereocenters. The quantitative estimate of drug-likeness (QED) is 0.745. The number of nitrogens with zero attached hydrogens (tertiary/aromatic N) is 1. The number of hydrogen-bond donors (Lipinski definition) is 3. The SMILES string of the molecule is CC(C(=O)O)c1cccc(Cc2cccc(C3CCN4CCCNC4N3)c2)c1. The molecule has 0 saturated carbocycles. The van der Waals surface area contributed by atoms with E-state index in [1.807, 2.05) is 18.2 Å². The van der Waals surface area contributed by atoms with Crippen LogP contribution in [0.4, 0.5) is 0 Å². The minimum Gasteiger partial charge on any atom is -0.481 e. The van der Waals surface area contributed by atoms with Gasteiger partial charge >= 0.3 is 5.97 Å². The Hall–Kier alpha value is -2.21. The highest BCUT2D eigenvalue weighted by Crippen LogP contribution is 2.25. The Morgan fingerprint density at radius 2 is 1.96 bits per heavy atom. The summed E-state index contributed by atoms with van der Waals surface area (Å²) in [6.45, 7) is 5.10. The fourth-order valence-electron chi connectivity index (χ4n) is 4.29. The largest absolute Gasteiger partial charge is 0.481 e. The van der Waals surface area contributed by atoms with Gasteiger partial charge in [0, 0.05) is 19.1 Å². The van der Waals surface area contributed by atoms with Crippen molar-refractivity contribution in [3.8, 4) is 0 Å². The van der Waals surface area contributed by atoms with Gasteiger partial charge < -0.3 is 5.11 Å². The molecule has 0 amide bonds. The molecule has 2 aromatic rings. The zero-order chi connectivity index (χ0) is 19.5. The molecule has 5 nitrogen and oxygen atoms in total. The first-order valence-electron chi connectivity index (χ1n) is 10.2. The van der Waals surface area contributed by atoms with E-state index in [0.29, 0.717) is 6.04 Å². The van der Waals surface area contributed by atoms with Gasteiger partial charge in [-0.05, 0) is 55.0 Å². The molecule has 28 heavy (non-hydrogen) atoms. The number of hydrogen-bond acceptors (Lipinski definition) is 4. The second-order valence-corrected chi connectivity index (χ2v) is 7.98. The highest BCUT2D eigenvalue weighted by atomic mass is 16.4. The summed E-state index contributed by atoms with van der Waals surface area (Å²) in [6.07, 6.45) is 3.44. The average molecular weight is 380 g/mol. The smallest absolute Gasteiger partial charge is 0.310 e. The third-order valence-electron chi connectivity index (χ3n) is 5.97. The number of fused-ring (bicyclic) bond motifs is 1. The molecule has 2 heterocycles. The Balaban J connectivity index is 1.47. The highest BCUT2D eigenvalue weighted by molar-refractivity contribution is 5.75. The number of carboxylic acid groups (broad SMARTS) is 1. The van der Waals surface area contributed by atoms with Crippen LogP contribution in [-0.2, 0) is 11.2 Å². The van der Waals surface area contributed by atoms with Crippen molar-refractivity contribution in [2.24, 2.45) is 0 Å². The molecule has 3 unspecified atom stereocenters. The molecule has 2 aliphatic heterocycles. The van der Waals surface area contributed by atoms with Crippen LogP contribution in [0.15, 0.2) is 48.5 Å². The minimum atomic E-state index is -0.784. The van der Waals surface area contributed by atoms with Crippen LogP contribution in [0.5, 0.6) is 0 Å². The summed E-state index contributed by atoms with van der Waals surface area (Å²) in [5, 5.41) is 16.6. The summed E-state index contributed by atoms with van der Waals surface area (Å²) in [5.41, 5.74) is 4.61. The predicted molar refractivity (Wildman–Crippen MR) is 110 cm³/mol. The van der Waals surface area contributed by atoms with Gasteiger partial charge in [-0.15, -0.1) is 0 Å².